The first-order chi connectivity index (χ1) is 10.8. The van der Waals surface area contributed by atoms with Crippen LogP contribution in [0.3, 0.4) is 0 Å². The second kappa shape index (κ2) is 7.40. The van der Waals surface area contributed by atoms with Crippen molar-refractivity contribution in [2.75, 3.05) is 18.8 Å². The summed E-state index contributed by atoms with van der Waals surface area (Å²) in [5.41, 5.74) is 0.814. The van der Waals surface area contributed by atoms with Gasteiger partial charge in [0.1, 0.15) is 5.82 Å². The lowest BCUT2D eigenvalue weighted by atomic mass is 9.98. The SMILES string of the molecule is CCS(=O)(=O)N1CCC[C@H](C(=O)N[C@@H](C)c2ccc(F)cc2)C1. The highest BCUT2D eigenvalue weighted by atomic mass is 32.2. The van der Waals surface area contributed by atoms with Gasteiger partial charge in [-0.15, -0.1) is 0 Å². The summed E-state index contributed by atoms with van der Waals surface area (Å²) in [5.74, 6) is -0.765. The van der Waals surface area contributed by atoms with Crippen LogP contribution < -0.4 is 5.32 Å². The highest BCUT2D eigenvalue weighted by Gasteiger charge is 2.31. The summed E-state index contributed by atoms with van der Waals surface area (Å²) < 4.78 is 38.3. The van der Waals surface area contributed by atoms with E-state index in [9.17, 15) is 17.6 Å². The minimum absolute atomic E-state index is 0.0489. The highest BCUT2D eigenvalue weighted by molar-refractivity contribution is 7.89. The van der Waals surface area contributed by atoms with Gasteiger partial charge in [0.15, 0.2) is 0 Å². The summed E-state index contributed by atoms with van der Waals surface area (Å²) in [4.78, 5) is 12.4. The Morgan fingerprint density at radius 3 is 2.65 bits per heavy atom. The lowest BCUT2D eigenvalue weighted by molar-refractivity contribution is -0.126. The molecule has 1 fully saturated rings. The number of sulfonamides is 1. The third-order valence-electron chi connectivity index (χ3n) is 4.24. The van der Waals surface area contributed by atoms with E-state index >= 15 is 0 Å². The molecule has 1 aromatic carbocycles. The average Bonchev–Trinajstić information content (AvgIpc) is 2.55. The third kappa shape index (κ3) is 4.51. The van der Waals surface area contributed by atoms with E-state index in [1.807, 2.05) is 6.92 Å². The van der Waals surface area contributed by atoms with Crippen molar-refractivity contribution in [3.05, 3.63) is 35.6 Å². The van der Waals surface area contributed by atoms with E-state index in [0.717, 1.165) is 5.56 Å². The molecule has 0 bridgehead atoms. The summed E-state index contributed by atoms with van der Waals surface area (Å²) in [7, 11) is -3.26. The zero-order valence-electron chi connectivity index (χ0n) is 13.5. The van der Waals surface area contributed by atoms with Gasteiger partial charge in [-0.05, 0) is 44.4 Å². The molecule has 0 spiro atoms. The number of carbonyl (C=O) groups excluding carboxylic acids is 1. The van der Waals surface area contributed by atoms with Gasteiger partial charge in [0.25, 0.3) is 0 Å². The first kappa shape index (κ1) is 17.9. The van der Waals surface area contributed by atoms with Crippen LogP contribution >= 0.6 is 0 Å². The molecular weight excluding hydrogens is 319 g/mol. The summed E-state index contributed by atoms with van der Waals surface area (Å²) in [5, 5.41) is 2.89. The zero-order valence-corrected chi connectivity index (χ0v) is 14.3. The topological polar surface area (TPSA) is 66.5 Å². The fourth-order valence-corrected chi connectivity index (χ4v) is 3.94. The number of hydrogen-bond acceptors (Lipinski definition) is 3. The molecule has 1 heterocycles. The molecule has 2 atom stereocenters. The quantitative estimate of drug-likeness (QED) is 0.891. The van der Waals surface area contributed by atoms with E-state index < -0.39 is 10.0 Å². The fraction of sp³-hybridized carbons (Fsp3) is 0.562. The van der Waals surface area contributed by atoms with Crippen LogP contribution in [0.1, 0.15) is 38.3 Å². The van der Waals surface area contributed by atoms with Gasteiger partial charge in [-0.1, -0.05) is 12.1 Å². The standard InChI is InChI=1S/C16H23FN2O3S/c1-3-23(21,22)19-10-4-5-14(11-19)16(20)18-12(2)13-6-8-15(17)9-7-13/h6-9,12,14H,3-5,10-11H2,1-2H3,(H,18,20)/t12-,14-/m0/s1. The fourth-order valence-electron chi connectivity index (χ4n) is 2.76. The van der Waals surface area contributed by atoms with Crippen LogP contribution in [-0.2, 0) is 14.8 Å². The van der Waals surface area contributed by atoms with Crippen LogP contribution in [0.5, 0.6) is 0 Å². The van der Waals surface area contributed by atoms with Crippen LogP contribution in [0.25, 0.3) is 0 Å². The smallest absolute Gasteiger partial charge is 0.224 e. The number of benzene rings is 1. The summed E-state index contributed by atoms with van der Waals surface area (Å²) >= 11 is 0. The maximum absolute atomic E-state index is 12.9. The van der Waals surface area contributed by atoms with Gasteiger partial charge in [-0.2, -0.15) is 0 Å². The van der Waals surface area contributed by atoms with Crippen molar-refractivity contribution in [1.29, 1.82) is 0 Å². The number of piperidine rings is 1. The Balaban J connectivity index is 1.98. The first-order valence-corrected chi connectivity index (χ1v) is 9.48. The van der Waals surface area contributed by atoms with Crippen molar-refractivity contribution < 1.29 is 17.6 Å². The van der Waals surface area contributed by atoms with Crippen molar-refractivity contribution in [3.8, 4) is 0 Å². The lowest BCUT2D eigenvalue weighted by Gasteiger charge is -2.31. The summed E-state index contributed by atoms with van der Waals surface area (Å²) in [6, 6.07) is 5.73. The van der Waals surface area contributed by atoms with Crippen LogP contribution in [0, 0.1) is 11.7 Å². The van der Waals surface area contributed by atoms with E-state index in [0.29, 0.717) is 19.4 Å². The maximum Gasteiger partial charge on any atom is 0.224 e. The normalized spacial score (nSPS) is 20.9. The summed E-state index contributed by atoms with van der Waals surface area (Å²) in [6.45, 7) is 4.15. The average molecular weight is 342 g/mol. The van der Waals surface area contributed by atoms with Crippen LogP contribution in [-0.4, -0.2) is 37.5 Å². The monoisotopic (exact) mass is 342 g/mol. The van der Waals surface area contributed by atoms with E-state index in [4.69, 9.17) is 0 Å². The minimum atomic E-state index is -3.26. The molecule has 1 amide bonds. The van der Waals surface area contributed by atoms with Gasteiger partial charge in [-0.25, -0.2) is 17.1 Å². The molecule has 1 aromatic rings. The molecule has 2 rings (SSSR count). The number of nitrogens with one attached hydrogen (secondary N) is 1. The van der Waals surface area contributed by atoms with Gasteiger partial charge in [0.05, 0.1) is 17.7 Å². The van der Waals surface area contributed by atoms with E-state index in [2.05, 4.69) is 5.32 Å². The third-order valence-corrected chi connectivity index (χ3v) is 6.09. The minimum Gasteiger partial charge on any atom is -0.349 e. The molecule has 5 nitrogen and oxygen atoms in total. The van der Waals surface area contributed by atoms with E-state index in [-0.39, 0.29) is 36.0 Å². The van der Waals surface area contributed by atoms with Crippen LogP contribution in [0.4, 0.5) is 4.39 Å². The predicted octanol–water partition coefficient (Wildman–Crippen LogP) is 2.06. The van der Waals surface area contributed by atoms with Crippen LogP contribution in [0.2, 0.25) is 0 Å². The Labute approximate surface area is 136 Å². The molecule has 1 aliphatic rings. The van der Waals surface area contributed by atoms with E-state index in [1.165, 1.54) is 16.4 Å². The Morgan fingerprint density at radius 1 is 1.39 bits per heavy atom. The number of nitrogens with zero attached hydrogens (tertiary/aromatic N) is 1. The predicted molar refractivity (Wildman–Crippen MR) is 86.7 cm³/mol. The van der Waals surface area contributed by atoms with Crippen molar-refractivity contribution >= 4 is 15.9 Å². The van der Waals surface area contributed by atoms with Crippen molar-refractivity contribution in [3.63, 3.8) is 0 Å². The number of amides is 1. The summed E-state index contributed by atoms with van der Waals surface area (Å²) in [6.07, 6.45) is 1.36. The second-order valence-electron chi connectivity index (χ2n) is 5.88. The van der Waals surface area contributed by atoms with Crippen molar-refractivity contribution in [2.24, 2.45) is 5.92 Å². The number of halogens is 1. The Hall–Kier alpha value is -1.47. The Morgan fingerprint density at radius 2 is 2.04 bits per heavy atom. The molecule has 23 heavy (non-hydrogen) atoms. The molecule has 0 unspecified atom stereocenters. The molecule has 1 saturated heterocycles. The number of rotatable bonds is 5. The Kier molecular flexibility index (Phi) is 5.75. The lowest BCUT2D eigenvalue weighted by Crippen LogP contribution is -2.46. The molecule has 128 valence electrons. The van der Waals surface area contributed by atoms with Crippen molar-refractivity contribution in [1.82, 2.24) is 9.62 Å². The molecule has 7 heteroatoms. The maximum atomic E-state index is 12.9. The van der Waals surface area contributed by atoms with Gasteiger partial charge < -0.3 is 5.32 Å². The van der Waals surface area contributed by atoms with Gasteiger partial charge in [0.2, 0.25) is 15.9 Å². The molecule has 0 aliphatic carbocycles. The zero-order chi connectivity index (χ0) is 17.0. The molecule has 0 saturated carbocycles. The largest absolute Gasteiger partial charge is 0.349 e. The first-order valence-electron chi connectivity index (χ1n) is 7.87. The highest BCUT2D eigenvalue weighted by Crippen LogP contribution is 2.21. The van der Waals surface area contributed by atoms with Crippen LogP contribution in [0.15, 0.2) is 24.3 Å². The number of hydrogen-bond donors (Lipinski definition) is 1. The molecule has 1 N–H and O–H groups in total. The second-order valence-corrected chi connectivity index (χ2v) is 8.14. The van der Waals surface area contributed by atoms with Gasteiger partial charge in [-0.3, -0.25) is 4.79 Å². The van der Waals surface area contributed by atoms with Gasteiger partial charge in [0, 0.05) is 13.1 Å². The number of carbonyl (C=O) groups is 1. The molecule has 1 aliphatic heterocycles. The van der Waals surface area contributed by atoms with Gasteiger partial charge >= 0.3 is 0 Å². The van der Waals surface area contributed by atoms with Crippen molar-refractivity contribution in [2.45, 2.75) is 32.7 Å². The molecule has 0 aromatic heterocycles. The Bertz CT molecular complexity index is 646. The molecular formula is C16H23FN2O3S. The molecule has 0 radical (unpaired) electrons. The van der Waals surface area contributed by atoms with E-state index in [1.54, 1.807) is 19.1 Å².